The Labute approximate surface area is 132 Å². The van der Waals surface area contributed by atoms with Gasteiger partial charge in [0.2, 0.25) is 10.0 Å². The summed E-state index contributed by atoms with van der Waals surface area (Å²) in [6, 6.07) is 1.44. The zero-order valence-electron chi connectivity index (χ0n) is 12.6. The van der Waals surface area contributed by atoms with Crippen LogP contribution in [-0.4, -0.2) is 25.3 Å². The van der Waals surface area contributed by atoms with E-state index in [1.807, 2.05) is 6.92 Å². The molecule has 0 unspecified atom stereocenters. The number of sulfonamides is 1. The summed E-state index contributed by atoms with van der Waals surface area (Å²) in [6.07, 6.45) is 1.38. The SMILES string of the molecule is C[C@@H]1CC[C@@H](C)N(S(=O)(=O)c2cccc(S(F)(F)(F)(F)F)c2)C1. The number of piperidine rings is 1. The Hall–Kier alpha value is -0.870. The Bertz CT molecular complexity index is 718. The van der Waals surface area contributed by atoms with Crippen molar-refractivity contribution >= 4 is 20.2 Å². The van der Waals surface area contributed by atoms with Crippen LogP contribution in [0.15, 0.2) is 34.1 Å². The van der Waals surface area contributed by atoms with Gasteiger partial charge < -0.3 is 0 Å². The Balaban J connectivity index is 2.50. The average Bonchev–Trinajstić information content (AvgIpc) is 2.39. The Morgan fingerprint density at radius 1 is 1.09 bits per heavy atom. The van der Waals surface area contributed by atoms with Crippen molar-refractivity contribution in [2.24, 2.45) is 5.92 Å². The van der Waals surface area contributed by atoms with Gasteiger partial charge >= 0.3 is 10.2 Å². The van der Waals surface area contributed by atoms with E-state index in [-0.39, 0.29) is 30.6 Å². The van der Waals surface area contributed by atoms with Gasteiger partial charge in [-0.25, -0.2) is 8.42 Å². The molecule has 1 aliphatic rings. The molecule has 0 amide bonds. The van der Waals surface area contributed by atoms with Crippen molar-refractivity contribution in [1.82, 2.24) is 4.31 Å². The topological polar surface area (TPSA) is 37.4 Å². The summed E-state index contributed by atoms with van der Waals surface area (Å²) >= 11 is 0. The summed E-state index contributed by atoms with van der Waals surface area (Å²) < 4.78 is 90.6. The molecule has 0 N–H and O–H groups in total. The lowest BCUT2D eigenvalue weighted by atomic mass is 9.97. The molecule has 2 rings (SSSR count). The van der Waals surface area contributed by atoms with Crippen molar-refractivity contribution in [1.29, 1.82) is 0 Å². The third kappa shape index (κ3) is 3.97. The molecule has 1 aliphatic heterocycles. The molecule has 0 bridgehead atoms. The summed E-state index contributed by atoms with van der Waals surface area (Å²) in [6.45, 7) is 3.64. The van der Waals surface area contributed by atoms with E-state index in [2.05, 4.69) is 0 Å². The van der Waals surface area contributed by atoms with E-state index in [0.29, 0.717) is 12.5 Å². The molecule has 1 heterocycles. The number of hydrogen-bond donors (Lipinski definition) is 0. The van der Waals surface area contributed by atoms with Crippen molar-refractivity contribution in [3.63, 3.8) is 0 Å². The van der Waals surface area contributed by atoms with Crippen LogP contribution < -0.4 is 0 Å². The van der Waals surface area contributed by atoms with Crippen LogP contribution in [0, 0.1) is 5.92 Å². The van der Waals surface area contributed by atoms with Crippen LogP contribution in [0.5, 0.6) is 0 Å². The first-order valence-corrected chi connectivity index (χ1v) is 10.4. The fourth-order valence-corrected chi connectivity index (χ4v) is 5.18. The van der Waals surface area contributed by atoms with E-state index < -0.39 is 30.0 Å². The quantitative estimate of drug-likeness (QED) is 0.681. The van der Waals surface area contributed by atoms with Crippen molar-refractivity contribution in [2.45, 2.75) is 42.5 Å². The summed E-state index contributed by atoms with van der Waals surface area (Å²) in [5.74, 6) is 0.0553. The van der Waals surface area contributed by atoms with Crippen LogP contribution >= 0.6 is 10.2 Å². The highest BCUT2D eigenvalue weighted by atomic mass is 32.5. The first kappa shape index (κ1) is 18.5. The fourth-order valence-electron chi connectivity index (χ4n) is 2.59. The molecule has 0 aromatic heterocycles. The number of hydrogen-bond acceptors (Lipinski definition) is 2. The molecule has 1 aromatic rings. The molecule has 1 saturated heterocycles. The standard InChI is InChI=1S/C13H18F5NO2S2/c1-10-6-7-11(2)19(9-10)22(20,21)12-4-3-5-13(8-12)23(14,15,16,17)18/h3-5,8,10-11H,6-7,9H2,1-2H3/t10-,11-/m1/s1. The molecule has 0 spiro atoms. The minimum absolute atomic E-state index is 0.0306. The molecule has 23 heavy (non-hydrogen) atoms. The molecule has 10 heteroatoms. The molecular formula is C13H18F5NO2S2. The largest absolute Gasteiger partial charge is 0.310 e. The second-order valence-corrected chi connectivity index (χ2v) is 10.3. The lowest BCUT2D eigenvalue weighted by Crippen LogP contribution is -2.44. The fraction of sp³-hybridized carbons (Fsp3) is 0.538. The highest BCUT2D eigenvalue weighted by Gasteiger charge is 2.65. The maximum Gasteiger partial charge on any atom is 0.310 e. The van der Waals surface area contributed by atoms with Gasteiger partial charge in [0.1, 0.15) is 4.90 Å². The Kier molecular flexibility index (Phi) is 3.87. The molecule has 0 saturated carbocycles. The van der Waals surface area contributed by atoms with Crippen LogP contribution in [0.4, 0.5) is 19.4 Å². The summed E-state index contributed by atoms with van der Waals surface area (Å²) in [5.41, 5.74) is 0. The highest BCUT2D eigenvalue weighted by Crippen LogP contribution is 3.02. The second-order valence-electron chi connectivity index (χ2n) is 6.05. The van der Waals surface area contributed by atoms with Crippen molar-refractivity contribution in [3.8, 4) is 0 Å². The van der Waals surface area contributed by atoms with Crippen molar-refractivity contribution < 1.29 is 27.8 Å². The molecule has 2 atom stereocenters. The van der Waals surface area contributed by atoms with E-state index in [1.165, 1.54) is 0 Å². The zero-order chi connectivity index (χ0) is 17.7. The van der Waals surface area contributed by atoms with Gasteiger partial charge in [-0.15, -0.1) is 0 Å². The molecule has 1 aromatic carbocycles. The third-order valence-corrected chi connectivity index (χ3v) is 7.04. The van der Waals surface area contributed by atoms with Gasteiger partial charge in [0.15, 0.2) is 0 Å². The molecule has 0 aliphatic carbocycles. The summed E-state index contributed by atoms with van der Waals surface area (Å²) in [4.78, 5) is -2.95. The maximum atomic E-state index is 12.9. The number of halogens is 5. The van der Waals surface area contributed by atoms with E-state index in [1.54, 1.807) is 6.92 Å². The summed E-state index contributed by atoms with van der Waals surface area (Å²) in [7, 11) is -14.2. The van der Waals surface area contributed by atoms with Gasteiger partial charge in [0.05, 0.1) is 4.90 Å². The molecule has 3 nitrogen and oxygen atoms in total. The van der Waals surface area contributed by atoms with Gasteiger partial charge in [-0.1, -0.05) is 32.4 Å². The van der Waals surface area contributed by atoms with Gasteiger partial charge in [0.25, 0.3) is 0 Å². The lowest BCUT2D eigenvalue weighted by molar-refractivity contribution is 0.218. The second kappa shape index (κ2) is 4.82. The molecular weight excluding hydrogens is 361 g/mol. The maximum absolute atomic E-state index is 12.9. The zero-order valence-corrected chi connectivity index (χ0v) is 14.2. The minimum atomic E-state index is -9.92. The monoisotopic (exact) mass is 379 g/mol. The predicted octanol–water partition coefficient (Wildman–Crippen LogP) is 5.15. The van der Waals surface area contributed by atoms with Gasteiger partial charge in [0, 0.05) is 12.6 Å². The van der Waals surface area contributed by atoms with Crippen LogP contribution in [0.25, 0.3) is 0 Å². The van der Waals surface area contributed by atoms with Crippen LogP contribution in [0.1, 0.15) is 26.7 Å². The molecule has 1 fully saturated rings. The van der Waals surface area contributed by atoms with Crippen LogP contribution in [0.3, 0.4) is 0 Å². The first-order valence-electron chi connectivity index (χ1n) is 6.97. The predicted molar refractivity (Wildman–Crippen MR) is 79.6 cm³/mol. The van der Waals surface area contributed by atoms with Gasteiger partial charge in [-0.05, 0) is 43.9 Å². The minimum Gasteiger partial charge on any atom is -0.207 e. The van der Waals surface area contributed by atoms with Crippen molar-refractivity contribution in [3.05, 3.63) is 24.3 Å². The lowest BCUT2D eigenvalue weighted by Gasteiger charge is -2.41. The number of nitrogens with zero attached hydrogens (tertiary/aromatic N) is 1. The van der Waals surface area contributed by atoms with E-state index in [0.717, 1.165) is 16.8 Å². The Morgan fingerprint density at radius 3 is 2.26 bits per heavy atom. The van der Waals surface area contributed by atoms with Gasteiger partial charge in [-0.2, -0.15) is 4.31 Å². The van der Waals surface area contributed by atoms with Crippen LogP contribution in [-0.2, 0) is 10.0 Å². The molecule has 134 valence electrons. The number of benzene rings is 1. The van der Waals surface area contributed by atoms with E-state index >= 15 is 0 Å². The highest BCUT2D eigenvalue weighted by molar-refractivity contribution is 8.45. The van der Waals surface area contributed by atoms with Gasteiger partial charge in [-0.3, -0.25) is 0 Å². The Morgan fingerprint density at radius 2 is 1.70 bits per heavy atom. The van der Waals surface area contributed by atoms with Crippen molar-refractivity contribution in [2.75, 3.05) is 6.54 Å². The average molecular weight is 379 g/mol. The molecule has 0 radical (unpaired) electrons. The van der Waals surface area contributed by atoms with E-state index in [4.69, 9.17) is 0 Å². The van der Waals surface area contributed by atoms with E-state index in [9.17, 15) is 27.8 Å². The first-order chi connectivity index (χ1) is 10.1. The number of rotatable bonds is 3. The van der Waals surface area contributed by atoms with Crippen LogP contribution in [0.2, 0.25) is 0 Å². The summed E-state index contributed by atoms with van der Waals surface area (Å²) in [5, 5.41) is 0. The normalized spacial score (nSPS) is 27.3. The smallest absolute Gasteiger partial charge is 0.207 e. The third-order valence-electron chi connectivity index (χ3n) is 3.92.